The number of piperidine rings is 1. The van der Waals surface area contributed by atoms with Crippen molar-refractivity contribution in [3.8, 4) is 5.75 Å². The van der Waals surface area contributed by atoms with Gasteiger partial charge in [-0.15, -0.1) is 0 Å². The highest BCUT2D eigenvalue weighted by atomic mass is 19.1. The minimum absolute atomic E-state index is 0.0176. The molecule has 2 bridgehead atoms. The molecule has 2 heterocycles. The van der Waals surface area contributed by atoms with Gasteiger partial charge in [-0.3, -0.25) is 4.79 Å². The number of carbonyl (C=O) groups excluding carboxylic acids is 1. The average Bonchev–Trinajstić information content (AvgIpc) is 3.49. The zero-order valence-corrected chi connectivity index (χ0v) is 17.6. The van der Waals surface area contributed by atoms with E-state index in [0.717, 1.165) is 36.6 Å². The van der Waals surface area contributed by atoms with Crippen LogP contribution in [0.2, 0.25) is 0 Å². The third kappa shape index (κ3) is 3.82. The minimum Gasteiger partial charge on any atom is -0.497 e. The average molecular weight is 427 g/mol. The highest BCUT2D eigenvalue weighted by molar-refractivity contribution is 5.84. The first-order valence-electron chi connectivity index (χ1n) is 11.0. The molecule has 2 aromatic carbocycles. The quantitative estimate of drug-likeness (QED) is 0.778. The van der Waals surface area contributed by atoms with Crippen molar-refractivity contribution in [2.24, 2.45) is 5.92 Å². The van der Waals surface area contributed by atoms with E-state index < -0.39 is 17.2 Å². The van der Waals surface area contributed by atoms with Crippen LogP contribution in [-0.4, -0.2) is 40.7 Å². The van der Waals surface area contributed by atoms with Crippen LogP contribution in [0.15, 0.2) is 42.5 Å². The maximum atomic E-state index is 14.1. The summed E-state index contributed by atoms with van der Waals surface area (Å²) in [5, 5.41) is 11.2. The summed E-state index contributed by atoms with van der Waals surface area (Å²) in [6.07, 6.45) is 3.57. The smallest absolute Gasteiger partial charge is 0.226 e. The lowest BCUT2D eigenvalue weighted by Crippen LogP contribution is -2.54. The molecule has 1 aliphatic carbocycles. The Hall–Kier alpha value is -2.47. The maximum Gasteiger partial charge on any atom is 0.226 e. The third-order valence-electron chi connectivity index (χ3n) is 7.27. The predicted octanol–water partition coefficient (Wildman–Crippen LogP) is 4.20. The molecule has 4 atom stereocenters. The van der Waals surface area contributed by atoms with Crippen LogP contribution >= 0.6 is 0 Å². The van der Waals surface area contributed by atoms with Gasteiger partial charge in [0.15, 0.2) is 0 Å². The Morgan fingerprint density at radius 1 is 1.16 bits per heavy atom. The largest absolute Gasteiger partial charge is 0.497 e. The van der Waals surface area contributed by atoms with Gasteiger partial charge in [-0.2, -0.15) is 0 Å². The van der Waals surface area contributed by atoms with Gasteiger partial charge in [0.05, 0.1) is 12.7 Å². The molecule has 2 aromatic rings. The molecule has 1 amide bonds. The van der Waals surface area contributed by atoms with E-state index >= 15 is 0 Å². The molecule has 1 saturated carbocycles. The van der Waals surface area contributed by atoms with Gasteiger partial charge in [-0.1, -0.05) is 18.2 Å². The monoisotopic (exact) mass is 427 g/mol. The van der Waals surface area contributed by atoms with Crippen molar-refractivity contribution in [1.29, 1.82) is 0 Å². The van der Waals surface area contributed by atoms with E-state index in [2.05, 4.69) is 0 Å². The molecule has 31 heavy (non-hydrogen) atoms. The van der Waals surface area contributed by atoms with Crippen molar-refractivity contribution < 1.29 is 23.4 Å². The van der Waals surface area contributed by atoms with Crippen LogP contribution in [0.4, 0.5) is 8.78 Å². The number of fused-ring (bicyclic) bond motifs is 2. The Kier molecular flexibility index (Phi) is 5.00. The van der Waals surface area contributed by atoms with Crippen molar-refractivity contribution >= 4 is 5.91 Å². The van der Waals surface area contributed by atoms with Gasteiger partial charge in [0, 0.05) is 30.5 Å². The number of hydrogen-bond acceptors (Lipinski definition) is 3. The van der Waals surface area contributed by atoms with Crippen molar-refractivity contribution in [1.82, 2.24) is 4.90 Å². The van der Waals surface area contributed by atoms with E-state index in [-0.39, 0.29) is 36.2 Å². The fourth-order valence-corrected chi connectivity index (χ4v) is 5.75. The van der Waals surface area contributed by atoms with E-state index in [0.29, 0.717) is 18.4 Å². The molecule has 0 spiro atoms. The van der Waals surface area contributed by atoms with Crippen LogP contribution in [0.25, 0.3) is 0 Å². The van der Waals surface area contributed by atoms with Gasteiger partial charge >= 0.3 is 0 Å². The summed E-state index contributed by atoms with van der Waals surface area (Å²) in [4.78, 5) is 15.3. The number of aliphatic hydroxyl groups is 1. The van der Waals surface area contributed by atoms with E-state index in [9.17, 15) is 18.7 Å². The summed E-state index contributed by atoms with van der Waals surface area (Å²) in [6, 6.07) is 11.3. The van der Waals surface area contributed by atoms with Gasteiger partial charge in [-0.05, 0) is 67.3 Å². The minimum atomic E-state index is -1.07. The van der Waals surface area contributed by atoms with E-state index in [4.69, 9.17) is 4.74 Å². The van der Waals surface area contributed by atoms with Gasteiger partial charge in [0.1, 0.15) is 17.4 Å². The first-order valence-corrected chi connectivity index (χ1v) is 11.0. The molecular formula is C25H27F2NO3. The fraction of sp³-hybridized carbons (Fsp3) is 0.480. The van der Waals surface area contributed by atoms with Crippen LogP contribution in [0.1, 0.15) is 49.1 Å². The SMILES string of the molecule is COc1cccc(C2CC2C(=O)N2C3CCC2CC(O)(Cc2ccc(F)cc2F)C3)c1. The lowest BCUT2D eigenvalue weighted by Gasteiger charge is -2.44. The zero-order valence-electron chi connectivity index (χ0n) is 17.6. The van der Waals surface area contributed by atoms with Crippen LogP contribution in [0.3, 0.4) is 0 Å². The van der Waals surface area contributed by atoms with Crippen molar-refractivity contribution in [2.75, 3.05) is 7.11 Å². The molecule has 6 heteroatoms. The number of hydrogen-bond donors (Lipinski definition) is 1. The van der Waals surface area contributed by atoms with E-state index in [1.807, 2.05) is 29.2 Å². The number of carbonyl (C=O) groups is 1. The molecular weight excluding hydrogens is 400 g/mol. The van der Waals surface area contributed by atoms with Gasteiger partial charge in [0.25, 0.3) is 0 Å². The standard InChI is InChI=1S/C25H27F2NO3/c1-31-20-4-2-3-15(9-20)21-11-22(21)24(29)28-18-7-8-19(28)14-25(30,13-18)12-16-5-6-17(26)10-23(16)27/h2-6,9-10,18-19,21-22,30H,7-8,11-14H2,1H3. The third-order valence-corrected chi connectivity index (χ3v) is 7.27. The molecule has 164 valence electrons. The highest BCUT2D eigenvalue weighted by Gasteiger charge is 2.54. The second kappa shape index (κ2) is 7.59. The molecule has 0 radical (unpaired) electrons. The normalized spacial score (nSPS) is 31.5. The summed E-state index contributed by atoms with van der Waals surface area (Å²) >= 11 is 0. The van der Waals surface area contributed by atoms with E-state index in [1.54, 1.807) is 7.11 Å². The number of halogens is 2. The molecule has 4 unspecified atom stereocenters. The van der Waals surface area contributed by atoms with Crippen molar-refractivity contribution in [3.63, 3.8) is 0 Å². The Bertz CT molecular complexity index is 996. The second-order valence-corrected chi connectivity index (χ2v) is 9.40. The topological polar surface area (TPSA) is 49.8 Å². The molecule has 2 aliphatic heterocycles. The molecule has 3 aliphatic rings. The number of ether oxygens (including phenoxy) is 1. The van der Waals surface area contributed by atoms with Crippen LogP contribution in [0, 0.1) is 17.6 Å². The number of rotatable bonds is 5. The fourth-order valence-electron chi connectivity index (χ4n) is 5.75. The molecule has 5 rings (SSSR count). The number of amides is 1. The number of methoxy groups -OCH3 is 1. The Balaban J connectivity index is 1.27. The van der Waals surface area contributed by atoms with Gasteiger partial charge < -0.3 is 14.7 Å². The van der Waals surface area contributed by atoms with Crippen molar-refractivity contribution in [2.45, 2.75) is 62.1 Å². The van der Waals surface area contributed by atoms with Crippen LogP contribution in [-0.2, 0) is 11.2 Å². The highest BCUT2D eigenvalue weighted by Crippen LogP contribution is 2.52. The second-order valence-electron chi connectivity index (χ2n) is 9.40. The molecule has 0 aromatic heterocycles. The first-order chi connectivity index (χ1) is 14.9. The van der Waals surface area contributed by atoms with Gasteiger partial charge in [0.2, 0.25) is 5.91 Å². The van der Waals surface area contributed by atoms with Crippen molar-refractivity contribution in [3.05, 3.63) is 65.2 Å². The number of benzene rings is 2. The zero-order chi connectivity index (χ0) is 21.8. The van der Waals surface area contributed by atoms with E-state index in [1.165, 1.54) is 12.1 Å². The van der Waals surface area contributed by atoms with Crippen LogP contribution < -0.4 is 4.74 Å². The first kappa shape index (κ1) is 20.4. The Morgan fingerprint density at radius 2 is 1.90 bits per heavy atom. The summed E-state index contributed by atoms with van der Waals surface area (Å²) in [7, 11) is 1.64. The lowest BCUT2D eigenvalue weighted by atomic mass is 9.81. The Morgan fingerprint density at radius 3 is 2.58 bits per heavy atom. The number of nitrogens with zero attached hydrogens (tertiary/aromatic N) is 1. The lowest BCUT2D eigenvalue weighted by molar-refractivity contribution is -0.142. The molecule has 4 nitrogen and oxygen atoms in total. The Labute approximate surface area is 180 Å². The van der Waals surface area contributed by atoms with Gasteiger partial charge in [-0.25, -0.2) is 8.78 Å². The summed E-state index contributed by atoms with van der Waals surface area (Å²) in [5.74, 6) is -0.0729. The molecule has 3 fully saturated rings. The molecule has 2 saturated heterocycles. The summed E-state index contributed by atoms with van der Waals surface area (Å²) in [5.41, 5.74) is 0.380. The summed E-state index contributed by atoms with van der Waals surface area (Å²) in [6.45, 7) is 0. The van der Waals surface area contributed by atoms with Crippen LogP contribution in [0.5, 0.6) is 5.75 Å². The summed E-state index contributed by atoms with van der Waals surface area (Å²) < 4.78 is 32.7. The predicted molar refractivity (Wildman–Crippen MR) is 112 cm³/mol. The molecule has 1 N–H and O–H groups in total. The maximum absolute atomic E-state index is 14.1.